The fourth-order valence-corrected chi connectivity index (χ4v) is 2.46. The second-order valence-corrected chi connectivity index (χ2v) is 5.63. The van der Waals surface area contributed by atoms with Gasteiger partial charge in [0.2, 0.25) is 5.89 Å². The lowest BCUT2D eigenvalue weighted by Crippen LogP contribution is -2.17. The van der Waals surface area contributed by atoms with E-state index >= 15 is 0 Å². The number of benzene rings is 1. The van der Waals surface area contributed by atoms with Gasteiger partial charge < -0.3 is 15.1 Å². The Balaban J connectivity index is 2.11. The standard InChI is InChI=1S/C12H14ClIN4O/c1-3-15-7(2)11-17-18-12(19-11)16-10-5-4-8(14)6-9(10)13/h4-7,15H,3H2,1-2H3,(H,16,18). The van der Waals surface area contributed by atoms with Gasteiger partial charge in [-0.25, -0.2) is 0 Å². The molecule has 0 fully saturated rings. The lowest BCUT2D eigenvalue weighted by Gasteiger charge is -2.06. The molecule has 1 atom stereocenters. The van der Waals surface area contributed by atoms with Gasteiger partial charge in [0.15, 0.2) is 0 Å². The van der Waals surface area contributed by atoms with E-state index in [1.54, 1.807) is 0 Å². The van der Waals surface area contributed by atoms with Crippen molar-refractivity contribution in [3.63, 3.8) is 0 Å². The van der Waals surface area contributed by atoms with Gasteiger partial charge in [-0.1, -0.05) is 23.6 Å². The highest BCUT2D eigenvalue weighted by Gasteiger charge is 2.13. The van der Waals surface area contributed by atoms with Crippen LogP contribution in [0.3, 0.4) is 0 Å². The van der Waals surface area contributed by atoms with E-state index in [-0.39, 0.29) is 6.04 Å². The monoisotopic (exact) mass is 392 g/mol. The Labute approximate surface area is 130 Å². The molecule has 5 nitrogen and oxygen atoms in total. The number of hydrogen-bond donors (Lipinski definition) is 2. The Kier molecular flexibility index (Phi) is 5.00. The third-order valence-corrected chi connectivity index (χ3v) is 3.48. The van der Waals surface area contributed by atoms with Crippen LogP contribution >= 0.6 is 34.2 Å². The van der Waals surface area contributed by atoms with Crippen molar-refractivity contribution in [2.45, 2.75) is 19.9 Å². The first-order chi connectivity index (χ1) is 9.10. The summed E-state index contributed by atoms with van der Waals surface area (Å²) in [6.45, 7) is 4.84. The van der Waals surface area contributed by atoms with E-state index in [0.29, 0.717) is 16.9 Å². The average molecular weight is 393 g/mol. The molecule has 1 heterocycles. The van der Waals surface area contributed by atoms with Crippen LogP contribution in [0.4, 0.5) is 11.7 Å². The summed E-state index contributed by atoms with van der Waals surface area (Å²) in [4.78, 5) is 0. The first-order valence-electron chi connectivity index (χ1n) is 5.89. The molecule has 0 aliphatic rings. The molecule has 0 radical (unpaired) electrons. The van der Waals surface area contributed by atoms with E-state index in [9.17, 15) is 0 Å². The minimum absolute atomic E-state index is 0.0280. The van der Waals surface area contributed by atoms with Gasteiger partial charge in [-0.2, -0.15) is 0 Å². The topological polar surface area (TPSA) is 63.0 Å². The zero-order valence-electron chi connectivity index (χ0n) is 10.6. The molecule has 102 valence electrons. The number of nitrogens with one attached hydrogen (secondary N) is 2. The second kappa shape index (κ2) is 6.53. The van der Waals surface area contributed by atoms with Crippen molar-refractivity contribution in [3.05, 3.63) is 32.7 Å². The largest absolute Gasteiger partial charge is 0.406 e. The fraction of sp³-hybridized carbons (Fsp3) is 0.333. The minimum Gasteiger partial charge on any atom is -0.406 e. The fourth-order valence-electron chi connectivity index (χ4n) is 1.56. The molecular weight excluding hydrogens is 379 g/mol. The molecule has 0 bridgehead atoms. The molecule has 0 spiro atoms. The smallest absolute Gasteiger partial charge is 0.320 e. The number of aromatic nitrogens is 2. The Morgan fingerprint density at radius 3 is 2.89 bits per heavy atom. The summed E-state index contributed by atoms with van der Waals surface area (Å²) in [5.74, 6) is 0.547. The number of hydrogen-bond acceptors (Lipinski definition) is 5. The van der Waals surface area contributed by atoms with Crippen molar-refractivity contribution >= 4 is 45.9 Å². The van der Waals surface area contributed by atoms with Gasteiger partial charge in [-0.15, -0.1) is 5.10 Å². The molecule has 0 aliphatic heterocycles. The van der Waals surface area contributed by atoms with E-state index in [1.165, 1.54) is 0 Å². The molecule has 1 aromatic heterocycles. The van der Waals surface area contributed by atoms with E-state index in [4.69, 9.17) is 16.0 Å². The van der Waals surface area contributed by atoms with Crippen LogP contribution in [0.5, 0.6) is 0 Å². The third-order valence-electron chi connectivity index (χ3n) is 2.49. The van der Waals surface area contributed by atoms with Gasteiger partial charge in [0.1, 0.15) is 0 Å². The van der Waals surface area contributed by atoms with E-state index in [0.717, 1.165) is 15.8 Å². The van der Waals surface area contributed by atoms with Crippen molar-refractivity contribution in [1.29, 1.82) is 0 Å². The molecule has 2 N–H and O–H groups in total. The zero-order valence-corrected chi connectivity index (χ0v) is 13.5. The van der Waals surface area contributed by atoms with Crippen molar-refractivity contribution in [2.24, 2.45) is 0 Å². The number of nitrogens with zero attached hydrogens (tertiary/aromatic N) is 2. The highest BCUT2D eigenvalue weighted by Crippen LogP contribution is 2.27. The maximum Gasteiger partial charge on any atom is 0.320 e. The van der Waals surface area contributed by atoms with E-state index in [2.05, 4.69) is 43.4 Å². The summed E-state index contributed by atoms with van der Waals surface area (Å²) in [6.07, 6.45) is 0. The van der Waals surface area contributed by atoms with Crippen molar-refractivity contribution in [3.8, 4) is 0 Å². The molecule has 1 unspecified atom stereocenters. The lowest BCUT2D eigenvalue weighted by molar-refractivity contribution is 0.430. The molecule has 1 aromatic carbocycles. The predicted molar refractivity (Wildman–Crippen MR) is 83.8 cm³/mol. The molecule has 0 saturated heterocycles. The highest BCUT2D eigenvalue weighted by molar-refractivity contribution is 14.1. The first-order valence-corrected chi connectivity index (χ1v) is 7.34. The quantitative estimate of drug-likeness (QED) is 0.759. The van der Waals surface area contributed by atoms with Crippen LogP contribution in [0.1, 0.15) is 25.8 Å². The van der Waals surface area contributed by atoms with Crippen LogP contribution < -0.4 is 10.6 Å². The van der Waals surface area contributed by atoms with Crippen LogP contribution in [0, 0.1) is 3.57 Å². The highest BCUT2D eigenvalue weighted by atomic mass is 127. The van der Waals surface area contributed by atoms with Crippen LogP contribution in [0.15, 0.2) is 22.6 Å². The summed E-state index contributed by atoms with van der Waals surface area (Å²) in [5, 5.41) is 14.8. The van der Waals surface area contributed by atoms with Gasteiger partial charge in [-0.05, 0) is 54.3 Å². The maximum absolute atomic E-state index is 6.13. The number of anilines is 2. The van der Waals surface area contributed by atoms with Crippen molar-refractivity contribution in [1.82, 2.24) is 15.5 Å². The van der Waals surface area contributed by atoms with Crippen molar-refractivity contribution < 1.29 is 4.42 Å². The van der Waals surface area contributed by atoms with E-state index in [1.807, 2.05) is 32.0 Å². The van der Waals surface area contributed by atoms with Gasteiger partial charge in [0.25, 0.3) is 0 Å². The molecule has 2 aromatic rings. The number of halogens is 2. The Morgan fingerprint density at radius 2 is 2.21 bits per heavy atom. The second-order valence-electron chi connectivity index (χ2n) is 3.97. The summed E-state index contributed by atoms with van der Waals surface area (Å²) in [6, 6.07) is 6.06. The normalized spacial score (nSPS) is 12.4. The van der Waals surface area contributed by atoms with Gasteiger partial charge in [-0.3, -0.25) is 0 Å². The molecule has 2 rings (SSSR count). The lowest BCUT2D eigenvalue weighted by atomic mass is 10.3. The van der Waals surface area contributed by atoms with Crippen LogP contribution in [-0.4, -0.2) is 16.7 Å². The predicted octanol–water partition coefficient (Wildman–Crippen LogP) is 3.74. The maximum atomic E-state index is 6.13. The van der Waals surface area contributed by atoms with Gasteiger partial charge in [0.05, 0.1) is 16.8 Å². The first kappa shape index (κ1) is 14.5. The Bertz CT molecular complexity index is 560. The molecule has 0 aliphatic carbocycles. The zero-order chi connectivity index (χ0) is 13.8. The average Bonchev–Trinajstić information content (AvgIpc) is 2.82. The summed E-state index contributed by atoms with van der Waals surface area (Å²) in [5.41, 5.74) is 0.744. The van der Waals surface area contributed by atoms with Crippen molar-refractivity contribution in [2.75, 3.05) is 11.9 Å². The minimum atomic E-state index is 0.0280. The number of rotatable bonds is 5. The molecule has 0 saturated carbocycles. The SMILES string of the molecule is CCNC(C)c1nnc(Nc2ccc(I)cc2Cl)o1. The summed E-state index contributed by atoms with van der Waals surface area (Å²) >= 11 is 8.33. The molecule has 7 heteroatoms. The Morgan fingerprint density at radius 1 is 1.42 bits per heavy atom. The van der Waals surface area contributed by atoms with E-state index < -0.39 is 0 Å². The van der Waals surface area contributed by atoms with Gasteiger partial charge >= 0.3 is 6.01 Å². The molecule has 19 heavy (non-hydrogen) atoms. The molecule has 0 amide bonds. The Hall–Kier alpha value is -0.860. The summed E-state index contributed by atoms with van der Waals surface area (Å²) < 4.78 is 6.60. The van der Waals surface area contributed by atoms with Crippen LogP contribution in [0.25, 0.3) is 0 Å². The molecular formula is C12H14ClIN4O. The third kappa shape index (κ3) is 3.80. The van der Waals surface area contributed by atoms with Crippen LogP contribution in [0.2, 0.25) is 5.02 Å². The van der Waals surface area contributed by atoms with Gasteiger partial charge in [0, 0.05) is 3.57 Å². The summed E-state index contributed by atoms with van der Waals surface area (Å²) in [7, 11) is 0. The van der Waals surface area contributed by atoms with Crippen LogP contribution in [-0.2, 0) is 0 Å².